The summed E-state index contributed by atoms with van der Waals surface area (Å²) in [7, 11) is 0. The average Bonchev–Trinajstić information content (AvgIpc) is 3.16. The Hall–Kier alpha value is -3.74. The van der Waals surface area contributed by atoms with Crippen LogP contribution in [0.1, 0.15) is 40.1 Å². The third kappa shape index (κ3) is 3.50. The van der Waals surface area contributed by atoms with Crippen molar-refractivity contribution in [3.05, 3.63) is 75.6 Å². The summed E-state index contributed by atoms with van der Waals surface area (Å²) in [5.74, 6) is -1.12. The molecule has 1 N–H and O–H groups in total. The van der Waals surface area contributed by atoms with Crippen LogP contribution in [0, 0.1) is 0 Å². The second-order valence-corrected chi connectivity index (χ2v) is 7.27. The Labute approximate surface area is 172 Å². The van der Waals surface area contributed by atoms with E-state index in [1.807, 2.05) is 0 Å². The van der Waals surface area contributed by atoms with Crippen molar-refractivity contribution in [3.63, 3.8) is 0 Å². The maximum atomic E-state index is 12.8. The van der Waals surface area contributed by atoms with Crippen LogP contribution in [-0.2, 0) is 16.0 Å². The minimum Gasteiger partial charge on any atom is -0.451 e. The predicted molar refractivity (Wildman–Crippen MR) is 112 cm³/mol. The van der Waals surface area contributed by atoms with Crippen LogP contribution in [-0.4, -0.2) is 35.3 Å². The topological polar surface area (TPSA) is 96.5 Å². The van der Waals surface area contributed by atoms with Crippen molar-refractivity contribution in [2.75, 3.05) is 11.4 Å². The lowest BCUT2D eigenvalue weighted by Gasteiger charge is -2.16. The highest BCUT2D eigenvalue weighted by Gasteiger charge is 2.26. The van der Waals surface area contributed by atoms with Crippen LogP contribution < -0.4 is 10.5 Å². The standard InChI is InChI=1S/C23H20N2O5/c1-13(22(28)16-7-8-20-15(11-16)9-10-25(20)14(2)26)30-23(29)18-12-21(27)24-19-6-4-3-5-17(18)19/h3-8,11-13H,9-10H2,1-2H3,(H,24,27). The first-order chi connectivity index (χ1) is 14.3. The zero-order chi connectivity index (χ0) is 21.4. The Kier molecular flexibility index (Phi) is 4.95. The van der Waals surface area contributed by atoms with Crippen molar-refractivity contribution in [3.8, 4) is 0 Å². The molecule has 30 heavy (non-hydrogen) atoms. The quantitative estimate of drug-likeness (QED) is 0.533. The van der Waals surface area contributed by atoms with Gasteiger partial charge in [-0.2, -0.15) is 0 Å². The number of hydrogen-bond acceptors (Lipinski definition) is 5. The molecule has 3 aromatic rings. The number of para-hydroxylation sites is 1. The third-order valence-electron chi connectivity index (χ3n) is 5.26. The van der Waals surface area contributed by atoms with E-state index in [1.165, 1.54) is 19.9 Å². The van der Waals surface area contributed by atoms with Gasteiger partial charge in [0.1, 0.15) is 0 Å². The van der Waals surface area contributed by atoms with E-state index in [4.69, 9.17) is 4.74 Å². The number of carbonyl (C=O) groups is 3. The lowest BCUT2D eigenvalue weighted by Crippen LogP contribution is -2.26. The molecule has 2 aromatic carbocycles. The molecule has 0 radical (unpaired) electrons. The van der Waals surface area contributed by atoms with Gasteiger partial charge in [-0.1, -0.05) is 18.2 Å². The number of hydrogen-bond donors (Lipinski definition) is 1. The van der Waals surface area contributed by atoms with Crippen molar-refractivity contribution in [1.29, 1.82) is 0 Å². The molecule has 2 heterocycles. The van der Waals surface area contributed by atoms with Gasteiger partial charge in [0.2, 0.25) is 17.2 Å². The average molecular weight is 404 g/mol. The highest BCUT2D eigenvalue weighted by atomic mass is 16.5. The third-order valence-corrected chi connectivity index (χ3v) is 5.26. The lowest BCUT2D eigenvalue weighted by atomic mass is 10.0. The zero-order valence-electron chi connectivity index (χ0n) is 16.6. The maximum Gasteiger partial charge on any atom is 0.339 e. The lowest BCUT2D eigenvalue weighted by molar-refractivity contribution is -0.116. The summed E-state index contributed by atoms with van der Waals surface area (Å²) in [4.78, 5) is 53.4. The van der Waals surface area contributed by atoms with Crippen LogP contribution in [0.15, 0.2) is 53.3 Å². The molecule has 1 amide bonds. The molecular weight excluding hydrogens is 384 g/mol. The number of aromatic nitrogens is 1. The molecule has 0 bridgehead atoms. The number of esters is 1. The van der Waals surface area contributed by atoms with E-state index in [-0.39, 0.29) is 17.3 Å². The largest absolute Gasteiger partial charge is 0.451 e. The molecule has 0 aliphatic carbocycles. The van der Waals surface area contributed by atoms with Crippen molar-refractivity contribution in [1.82, 2.24) is 4.98 Å². The first-order valence-electron chi connectivity index (χ1n) is 9.63. The number of ether oxygens (including phenoxy) is 1. The van der Waals surface area contributed by atoms with E-state index in [1.54, 1.807) is 47.4 Å². The first-order valence-corrected chi connectivity index (χ1v) is 9.63. The van der Waals surface area contributed by atoms with E-state index >= 15 is 0 Å². The van der Waals surface area contributed by atoms with Gasteiger partial charge in [0, 0.05) is 41.7 Å². The smallest absolute Gasteiger partial charge is 0.339 e. The molecule has 1 aliphatic rings. The van der Waals surface area contributed by atoms with E-state index in [9.17, 15) is 19.2 Å². The molecule has 0 spiro atoms. The number of ketones is 1. The second kappa shape index (κ2) is 7.59. The van der Waals surface area contributed by atoms with Gasteiger partial charge in [0.05, 0.1) is 5.56 Å². The molecule has 4 rings (SSSR count). The van der Waals surface area contributed by atoms with Crippen molar-refractivity contribution >= 4 is 34.3 Å². The number of nitrogens with one attached hydrogen (secondary N) is 1. The number of fused-ring (bicyclic) bond motifs is 2. The summed E-state index contributed by atoms with van der Waals surface area (Å²) >= 11 is 0. The Bertz CT molecular complexity index is 1240. The molecule has 0 saturated carbocycles. The first kappa shape index (κ1) is 19.6. The molecule has 1 atom stereocenters. The van der Waals surface area contributed by atoms with Gasteiger partial charge in [-0.15, -0.1) is 0 Å². The highest BCUT2D eigenvalue weighted by molar-refractivity contribution is 6.06. The molecule has 0 saturated heterocycles. The SMILES string of the molecule is CC(=O)N1CCc2cc(C(=O)C(C)OC(=O)c3cc(=O)[nH]c4ccccc34)ccc21. The minimum atomic E-state index is -1.03. The summed E-state index contributed by atoms with van der Waals surface area (Å²) < 4.78 is 5.39. The van der Waals surface area contributed by atoms with Crippen LogP contribution in [0.4, 0.5) is 5.69 Å². The second-order valence-electron chi connectivity index (χ2n) is 7.27. The summed E-state index contributed by atoms with van der Waals surface area (Å²) in [5, 5.41) is 0.545. The predicted octanol–water partition coefficient (Wildman–Crippen LogP) is 2.87. The number of nitrogens with zero attached hydrogens (tertiary/aromatic N) is 1. The molecule has 7 nitrogen and oxygen atoms in total. The molecule has 1 aliphatic heterocycles. The Morgan fingerprint density at radius 3 is 2.63 bits per heavy atom. The van der Waals surface area contributed by atoms with Gasteiger partial charge < -0.3 is 14.6 Å². The van der Waals surface area contributed by atoms with Crippen molar-refractivity contribution in [2.45, 2.75) is 26.4 Å². The number of pyridine rings is 1. The minimum absolute atomic E-state index is 0.0415. The number of aromatic amines is 1. The van der Waals surface area contributed by atoms with Crippen molar-refractivity contribution < 1.29 is 19.1 Å². The van der Waals surface area contributed by atoms with Gasteiger partial charge in [0.25, 0.3) is 0 Å². The number of amides is 1. The van der Waals surface area contributed by atoms with Crippen LogP contribution in [0.3, 0.4) is 0 Å². The number of rotatable bonds is 4. The highest BCUT2D eigenvalue weighted by Crippen LogP contribution is 2.29. The van der Waals surface area contributed by atoms with Crippen LogP contribution in [0.2, 0.25) is 0 Å². The van der Waals surface area contributed by atoms with E-state index in [0.29, 0.717) is 29.4 Å². The Morgan fingerprint density at radius 2 is 1.87 bits per heavy atom. The van der Waals surface area contributed by atoms with Gasteiger partial charge in [-0.3, -0.25) is 14.4 Å². The molecule has 0 fully saturated rings. The summed E-state index contributed by atoms with van der Waals surface area (Å²) in [6.07, 6.45) is -0.359. The van der Waals surface area contributed by atoms with E-state index < -0.39 is 17.6 Å². The molecule has 1 aromatic heterocycles. The number of carbonyl (C=O) groups excluding carboxylic acids is 3. The summed E-state index contributed by atoms with van der Waals surface area (Å²) in [5.41, 5.74) is 2.34. The van der Waals surface area contributed by atoms with E-state index in [0.717, 1.165) is 11.3 Å². The van der Waals surface area contributed by atoms with Gasteiger partial charge >= 0.3 is 5.97 Å². The summed E-state index contributed by atoms with van der Waals surface area (Å²) in [6.45, 7) is 3.60. The normalized spacial score (nSPS) is 13.7. The molecule has 1 unspecified atom stereocenters. The van der Waals surface area contributed by atoms with E-state index in [2.05, 4.69) is 4.98 Å². The fourth-order valence-corrected chi connectivity index (χ4v) is 3.77. The van der Waals surface area contributed by atoms with Gasteiger partial charge in [-0.05, 0) is 43.2 Å². The molecule has 152 valence electrons. The molecule has 7 heteroatoms. The monoisotopic (exact) mass is 404 g/mol. The Morgan fingerprint density at radius 1 is 1.10 bits per heavy atom. The van der Waals surface area contributed by atoms with Crippen LogP contribution >= 0.6 is 0 Å². The zero-order valence-corrected chi connectivity index (χ0v) is 16.6. The number of H-pyrrole nitrogens is 1. The number of anilines is 1. The number of Topliss-reactive ketones (excluding diaryl/α,β-unsaturated/α-hetero) is 1. The summed E-state index contributed by atoms with van der Waals surface area (Å²) in [6, 6.07) is 13.2. The Balaban J connectivity index is 1.56. The fourth-order valence-electron chi connectivity index (χ4n) is 3.77. The van der Waals surface area contributed by atoms with Crippen LogP contribution in [0.25, 0.3) is 10.9 Å². The van der Waals surface area contributed by atoms with Crippen LogP contribution in [0.5, 0.6) is 0 Å². The van der Waals surface area contributed by atoms with Crippen molar-refractivity contribution in [2.24, 2.45) is 0 Å². The number of benzene rings is 2. The molecular formula is C23H20N2O5. The van der Waals surface area contributed by atoms with Gasteiger partial charge in [0.15, 0.2) is 6.10 Å². The fraction of sp³-hybridized carbons (Fsp3) is 0.217. The van der Waals surface area contributed by atoms with Gasteiger partial charge in [-0.25, -0.2) is 4.79 Å². The maximum absolute atomic E-state index is 12.8.